The Morgan fingerprint density at radius 3 is 2.59 bits per heavy atom. The molecule has 4 aromatic rings. The van der Waals surface area contributed by atoms with Crippen molar-refractivity contribution in [3.05, 3.63) is 83.1 Å². The fourth-order valence-electron chi connectivity index (χ4n) is 3.01. The van der Waals surface area contributed by atoms with Gasteiger partial charge < -0.3 is 23.2 Å². The van der Waals surface area contributed by atoms with Crippen molar-refractivity contribution in [2.75, 3.05) is 19.1 Å². The van der Waals surface area contributed by atoms with Crippen molar-refractivity contribution in [3.8, 4) is 11.5 Å². The lowest BCUT2D eigenvalue weighted by atomic mass is 10.1. The van der Waals surface area contributed by atoms with E-state index >= 15 is 0 Å². The maximum atomic E-state index is 12.3. The normalized spacial score (nSPS) is 10.7. The van der Waals surface area contributed by atoms with E-state index in [9.17, 15) is 9.59 Å². The van der Waals surface area contributed by atoms with Gasteiger partial charge in [0, 0.05) is 30.3 Å². The summed E-state index contributed by atoms with van der Waals surface area (Å²) in [7, 11) is 3.29. The van der Waals surface area contributed by atoms with Gasteiger partial charge in [0.2, 0.25) is 5.76 Å². The highest BCUT2D eigenvalue weighted by Crippen LogP contribution is 2.36. The molecule has 0 aliphatic heterocycles. The number of benzene rings is 2. The van der Waals surface area contributed by atoms with Crippen molar-refractivity contribution in [3.63, 3.8) is 0 Å². The number of hydrogen-bond acceptors (Lipinski definition) is 7. The Hall–Kier alpha value is -4.00. The molecule has 0 aliphatic rings. The molecule has 0 fully saturated rings. The molecule has 0 atom stereocenters. The highest BCUT2D eigenvalue weighted by molar-refractivity contribution is 5.92. The molecule has 0 bridgehead atoms. The van der Waals surface area contributed by atoms with Crippen molar-refractivity contribution in [2.24, 2.45) is 0 Å². The van der Waals surface area contributed by atoms with Gasteiger partial charge in [0.15, 0.2) is 11.5 Å². The number of rotatable bonds is 5. The number of esters is 1. The molecule has 0 N–H and O–H groups in total. The summed E-state index contributed by atoms with van der Waals surface area (Å²) in [5.74, 6) is 0.0568. The third-order valence-corrected chi connectivity index (χ3v) is 4.45. The van der Waals surface area contributed by atoms with Gasteiger partial charge in [-0.1, -0.05) is 12.1 Å². The van der Waals surface area contributed by atoms with Crippen LogP contribution < -0.4 is 20.0 Å². The minimum atomic E-state index is -0.640. The van der Waals surface area contributed by atoms with Gasteiger partial charge >= 0.3 is 11.6 Å². The summed E-state index contributed by atoms with van der Waals surface area (Å²) < 4.78 is 21.1. The van der Waals surface area contributed by atoms with Gasteiger partial charge in [0.1, 0.15) is 5.58 Å². The van der Waals surface area contributed by atoms with E-state index in [1.54, 1.807) is 43.4 Å². The second-order valence-electron chi connectivity index (χ2n) is 6.21. The van der Waals surface area contributed by atoms with Crippen LogP contribution >= 0.6 is 0 Å². The number of furan rings is 1. The van der Waals surface area contributed by atoms with Gasteiger partial charge in [0.05, 0.1) is 19.1 Å². The first-order valence-electron chi connectivity index (χ1n) is 8.77. The molecule has 2 aromatic carbocycles. The van der Waals surface area contributed by atoms with E-state index in [0.717, 1.165) is 5.39 Å². The van der Waals surface area contributed by atoms with Gasteiger partial charge in [0.25, 0.3) is 0 Å². The van der Waals surface area contributed by atoms with Crippen LogP contribution in [0.2, 0.25) is 0 Å². The Morgan fingerprint density at radius 1 is 1.00 bits per heavy atom. The minimum Gasteiger partial charge on any atom is -0.493 e. The first-order valence-corrected chi connectivity index (χ1v) is 8.77. The van der Waals surface area contributed by atoms with E-state index in [-0.39, 0.29) is 11.5 Å². The van der Waals surface area contributed by atoms with E-state index in [1.807, 2.05) is 17.0 Å². The highest BCUT2D eigenvalue weighted by Gasteiger charge is 2.18. The molecule has 7 nitrogen and oxygen atoms in total. The molecule has 146 valence electrons. The minimum absolute atomic E-state index is 0.0810. The molecule has 0 saturated heterocycles. The molecular formula is C22H17NO6. The summed E-state index contributed by atoms with van der Waals surface area (Å²) in [6.07, 6.45) is 1.39. The highest BCUT2D eigenvalue weighted by atomic mass is 16.6. The Kier molecular flexibility index (Phi) is 4.78. The fourth-order valence-corrected chi connectivity index (χ4v) is 3.01. The largest absolute Gasteiger partial charge is 0.493 e. The number of nitrogens with zero attached hydrogens (tertiary/aromatic N) is 1. The maximum absolute atomic E-state index is 12.3. The van der Waals surface area contributed by atoms with Gasteiger partial charge in [-0.3, -0.25) is 0 Å². The average molecular weight is 391 g/mol. The summed E-state index contributed by atoms with van der Waals surface area (Å²) >= 11 is 0. The molecule has 2 aromatic heterocycles. The van der Waals surface area contributed by atoms with Crippen molar-refractivity contribution >= 4 is 28.3 Å². The van der Waals surface area contributed by atoms with Crippen LogP contribution in [0.3, 0.4) is 0 Å². The van der Waals surface area contributed by atoms with Crippen LogP contribution in [0, 0.1) is 0 Å². The smallest absolute Gasteiger partial charge is 0.379 e. The molecule has 7 heteroatoms. The molecular weight excluding hydrogens is 374 g/mol. The standard InChI is InChI=1S/C22H17NO6/c1-23(16-13-21(24)28-17-7-4-3-6-15(16)17)14-9-10-18(26-2)20(12-14)29-22(25)19-8-5-11-27-19/h3-13H,1-2H3. The zero-order valence-corrected chi connectivity index (χ0v) is 15.7. The second-order valence-corrected chi connectivity index (χ2v) is 6.21. The number of fused-ring (bicyclic) bond motifs is 1. The second kappa shape index (κ2) is 7.55. The van der Waals surface area contributed by atoms with Gasteiger partial charge in [-0.15, -0.1) is 0 Å². The van der Waals surface area contributed by atoms with Crippen LogP contribution in [0.4, 0.5) is 11.4 Å². The molecule has 0 saturated carbocycles. The Bertz CT molecular complexity index is 1230. The number of methoxy groups -OCH3 is 1. The number of anilines is 2. The number of carbonyl (C=O) groups excluding carboxylic acids is 1. The molecule has 0 spiro atoms. The molecule has 0 radical (unpaired) electrons. The van der Waals surface area contributed by atoms with Crippen molar-refractivity contribution in [2.45, 2.75) is 0 Å². The van der Waals surface area contributed by atoms with Crippen LogP contribution in [0.5, 0.6) is 11.5 Å². The third-order valence-electron chi connectivity index (χ3n) is 4.45. The molecule has 4 rings (SSSR count). The first kappa shape index (κ1) is 18.4. The number of para-hydroxylation sites is 1. The average Bonchev–Trinajstić information content (AvgIpc) is 3.27. The Morgan fingerprint density at radius 2 is 1.83 bits per heavy atom. The summed E-state index contributed by atoms with van der Waals surface area (Å²) in [4.78, 5) is 26.1. The Balaban J connectivity index is 1.74. The summed E-state index contributed by atoms with van der Waals surface area (Å²) in [5.41, 5.74) is 1.37. The van der Waals surface area contributed by atoms with Crippen LogP contribution in [-0.4, -0.2) is 20.1 Å². The van der Waals surface area contributed by atoms with Crippen LogP contribution in [-0.2, 0) is 0 Å². The molecule has 0 aliphatic carbocycles. The lowest BCUT2D eigenvalue weighted by Gasteiger charge is -2.22. The van der Waals surface area contributed by atoms with E-state index in [4.69, 9.17) is 18.3 Å². The summed E-state index contributed by atoms with van der Waals surface area (Å²) in [6, 6.07) is 16.9. The zero-order valence-electron chi connectivity index (χ0n) is 15.7. The molecule has 0 unspecified atom stereocenters. The fraction of sp³-hybridized carbons (Fsp3) is 0.0909. The lowest BCUT2D eigenvalue weighted by molar-refractivity contribution is 0.0696. The van der Waals surface area contributed by atoms with E-state index in [2.05, 4.69) is 0 Å². The predicted octanol–water partition coefficient (Wildman–Crippen LogP) is 4.38. The molecule has 29 heavy (non-hydrogen) atoms. The van der Waals surface area contributed by atoms with Gasteiger partial charge in [-0.05, 0) is 36.4 Å². The first-order chi connectivity index (χ1) is 14.1. The molecule has 0 amide bonds. The van der Waals surface area contributed by atoms with E-state index < -0.39 is 11.6 Å². The quantitative estimate of drug-likeness (QED) is 0.284. The monoisotopic (exact) mass is 391 g/mol. The van der Waals surface area contributed by atoms with Crippen molar-refractivity contribution < 1.29 is 23.1 Å². The van der Waals surface area contributed by atoms with E-state index in [1.165, 1.54) is 25.5 Å². The van der Waals surface area contributed by atoms with E-state index in [0.29, 0.717) is 22.7 Å². The lowest BCUT2D eigenvalue weighted by Crippen LogP contribution is -2.14. The Labute approximate surface area is 165 Å². The zero-order chi connectivity index (χ0) is 20.4. The van der Waals surface area contributed by atoms with Gasteiger partial charge in [-0.25, -0.2) is 9.59 Å². The SMILES string of the molecule is COc1ccc(N(C)c2cc(=O)oc3ccccc23)cc1OC(=O)c1ccco1. The van der Waals surface area contributed by atoms with Gasteiger partial charge in [-0.2, -0.15) is 0 Å². The molecule has 2 heterocycles. The summed E-state index contributed by atoms with van der Waals surface area (Å²) in [5, 5.41) is 0.777. The van der Waals surface area contributed by atoms with Crippen molar-refractivity contribution in [1.29, 1.82) is 0 Å². The maximum Gasteiger partial charge on any atom is 0.379 e. The predicted molar refractivity (Wildman–Crippen MR) is 107 cm³/mol. The van der Waals surface area contributed by atoms with Crippen LogP contribution in [0.25, 0.3) is 11.0 Å². The topological polar surface area (TPSA) is 82.1 Å². The van der Waals surface area contributed by atoms with Crippen molar-refractivity contribution in [1.82, 2.24) is 0 Å². The third kappa shape index (κ3) is 3.58. The number of ether oxygens (including phenoxy) is 2. The van der Waals surface area contributed by atoms with Crippen LogP contribution in [0.1, 0.15) is 10.6 Å². The van der Waals surface area contributed by atoms with Crippen LogP contribution in [0.15, 0.2) is 80.6 Å². The number of hydrogen-bond donors (Lipinski definition) is 0. The number of carbonyl (C=O) groups is 1. The summed E-state index contributed by atoms with van der Waals surface area (Å²) in [6.45, 7) is 0.